The molecule has 0 spiro atoms. The Bertz CT molecular complexity index is 355. The Kier molecular flexibility index (Phi) is 6.00. The van der Waals surface area contributed by atoms with Crippen LogP contribution in [0.25, 0.3) is 0 Å². The monoisotopic (exact) mass is 303 g/mol. The third-order valence-electron chi connectivity index (χ3n) is 3.55. The van der Waals surface area contributed by atoms with Crippen LogP contribution in [0.3, 0.4) is 0 Å². The van der Waals surface area contributed by atoms with E-state index in [1.165, 1.54) is 0 Å². The van der Waals surface area contributed by atoms with Crippen LogP contribution >= 0.6 is 0 Å². The number of ether oxygens (including phenoxy) is 1. The molecule has 1 unspecified atom stereocenters. The Morgan fingerprint density at radius 1 is 1.30 bits per heavy atom. The zero-order chi connectivity index (χ0) is 15.3. The first-order valence-electron chi connectivity index (χ1n) is 7.03. The zero-order valence-electron chi connectivity index (χ0n) is 12.4. The summed E-state index contributed by atoms with van der Waals surface area (Å²) in [5, 5.41) is 21.4. The summed E-state index contributed by atoms with van der Waals surface area (Å²) in [5.74, 6) is -1.39. The summed E-state index contributed by atoms with van der Waals surface area (Å²) in [7, 11) is -1.25. The molecule has 0 heterocycles. The number of alkyl carbamates (subject to hydrolysis) is 1. The maximum absolute atomic E-state index is 11.6. The van der Waals surface area contributed by atoms with E-state index < -0.39 is 38.2 Å². The lowest BCUT2D eigenvalue weighted by Gasteiger charge is -2.31. The number of hydrogen-bond donors (Lipinski definition) is 3. The predicted molar refractivity (Wildman–Crippen MR) is 77.4 cm³/mol. The Hall–Kier alpha value is -1.08. The minimum atomic E-state index is -1.25. The van der Waals surface area contributed by atoms with Crippen LogP contribution < -0.4 is 5.32 Å². The second kappa shape index (κ2) is 7.08. The highest BCUT2D eigenvalue weighted by atomic mass is 28.3. The molecule has 1 rings (SSSR count). The van der Waals surface area contributed by atoms with Crippen molar-refractivity contribution in [2.45, 2.75) is 57.1 Å². The average molecular weight is 303 g/mol. The van der Waals surface area contributed by atoms with Gasteiger partial charge in [-0.25, -0.2) is 4.79 Å². The molecule has 20 heavy (non-hydrogen) atoms. The highest BCUT2D eigenvalue weighted by Gasteiger charge is 2.34. The third kappa shape index (κ3) is 5.92. The molecular formula is C13H25NO5Si. The number of aliphatic carboxylic acids is 1. The second-order valence-corrected chi connectivity index (χ2v) is 12.2. The molecule has 3 N–H and O–H groups in total. The van der Waals surface area contributed by atoms with Crippen LogP contribution in [0.1, 0.15) is 19.3 Å². The van der Waals surface area contributed by atoms with E-state index in [-0.39, 0.29) is 6.42 Å². The number of carbonyl (C=O) groups excluding carboxylic acids is 1. The van der Waals surface area contributed by atoms with Crippen LogP contribution in [0.5, 0.6) is 0 Å². The number of carboxylic acid groups (broad SMARTS) is 1. The molecule has 116 valence electrons. The van der Waals surface area contributed by atoms with E-state index in [1.54, 1.807) is 0 Å². The fourth-order valence-corrected chi connectivity index (χ4v) is 2.89. The van der Waals surface area contributed by atoms with Gasteiger partial charge in [0.2, 0.25) is 0 Å². The van der Waals surface area contributed by atoms with Crippen molar-refractivity contribution in [2.24, 2.45) is 5.92 Å². The number of hydrogen-bond acceptors (Lipinski definition) is 4. The summed E-state index contributed by atoms with van der Waals surface area (Å²) in [6, 6.07) is 0.343. The second-order valence-electron chi connectivity index (χ2n) is 6.61. The maximum Gasteiger partial charge on any atom is 0.407 e. The van der Waals surface area contributed by atoms with Crippen LogP contribution in [-0.2, 0) is 9.53 Å². The highest BCUT2D eigenvalue weighted by Crippen LogP contribution is 2.25. The van der Waals surface area contributed by atoms with E-state index in [1.807, 2.05) is 0 Å². The van der Waals surface area contributed by atoms with E-state index in [0.717, 1.165) is 6.04 Å². The third-order valence-corrected chi connectivity index (χ3v) is 5.26. The van der Waals surface area contributed by atoms with Gasteiger partial charge in [0.05, 0.1) is 24.7 Å². The van der Waals surface area contributed by atoms with Crippen molar-refractivity contribution in [2.75, 3.05) is 6.61 Å². The smallest absolute Gasteiger partial charge is 0.407 e. The number of aliphatic hydroxyl groups is 1. The number of carboxylic acids is 1. The zero-order valence-corrected chi connectivity index (χ0v) is 13.4. The van der Waals surface area contributed by atoms with Gasteiger partial charge in [-0.05, 0) is 25.3 Å². The van der Waals surface area contributed by atoms with Gasteiger partial charge >= 0.3 is 12.1 Å². The number of carbonyl (C=O) groups is 2. The standard InChI is InChI=1S/C13H25NO5Si/c1-20(2,3)7-6-19-13(18)14-10-8-9(12(16)17)4-5-11(10)15/h9-11,15H,4-8H2,1-3H3,(H,14,18)(H,16,17)/t9?,10-,11+/m1/s1. The van der Waals surface area contributed by atoms with Crippen LogP contribution in [-0.4, -0.2) is 49.1 Å². The topological polar surface area (TPSA) is 95.9 Å². The normalized spacial score (nSPS) is 26.9. The molecule has 0 aliphatic heterocycles. The molecule has 1 saturated carbocycles. The Morgan fingerprint density at radius 3 is 2.50 bits per heavy atom. The van der Waals surface area contributed by atoms with Gasteiger partial charge in [-0.3, -0.25) is 4.79 Å². The van der Waals surface area contributed by atoms with Crippen LogP contribution in [0.2, 0.25) is 25.7 Å². The van der Waals surface area contributed by atoms with E-state index in [9.17, 15) is 14.7 Å². The number of amides is 1. The summed E-state index contributed by atoms with van der Waals surface area (Å²) in [6.07, 6.45) is -0.191. The molecule has 0 saturated heterocycles. The molecule has 1 aliphatic carbocycles. The van der Waals surface area contributed by atoms with Crippen molar-refractivity contribution in [1.82, 2.24) is 5.32 Å². The van der Waals surface area contributed by atoms with E-state index >= 15 is 0 Å². The van der Waals surface area contributed by atoms with Crippen LogP contribution in [0, 0.1) is 5.92 Å². The highest BCUT2D eigenvalue weighted by molar-refractivity contribution is 6.76. The molecule has 6 nitrogen and oxygen atoms in total. The van der Waals surface area contributed by atoms with Crippen molar-refractivity contribution in [3.05, 3.63) is 0 Å². The van der Waals surface area contributed by atoms with Crippen LogP contribution in [0.15, 0.2) is 0 Å². The first kappa shape index (κ1) is 17.0. The minimum absolute atomic E-state index is 0.250. The van der Waals surface area contributed by atoms with Crippen LogP contribution in [0.4, 0.5) is 4.79 Å². The van der Waals surface area contributed by atoms with E-state index in [2.05, 4.69) is 25.0 Å². The molecule has 0 radical (unpaired) electrons. The maximum atomic E-state index is 11.6. The van der Waals surface area contributed by atoms with Gasteiger partial charge in [0.1, 0.15) is 0 Å². The molecule has 0 bridgehead atoms. The molecular weight excluding hydrogens is 278 g/mol. The van der Waals surface area contributed by atoms with Gasteiger partial charge < -0.3 is 20.3 Å². The van der Waals surface area contributed by atoms with E-state index in [4.69, 9.17) is 9.84 Å². The van der Waals surface area contributed by atoms with Crippen molar-refractivity contribution in [3.8, 4) is 0 Å². The molecule has 0 aromatic carbocycles. The van der Waals surface area contributed by atoms with E-state index in [0.29, 0.717) is 19.4 Å². The summed E-state index contributed by atoms with van der Waals surface area (Å²) in [4.78, 5) is 22.6. The summed E-state index contributed by atoms with van der Waals surface area (Å²) >= 11 is 0. The first-order chi connectivity index (χ1) is 9.19. The summed E-state index contributed by atoms with van der Waals surface area (Å²) < 4.78 is 5.09. The van der Waals surface area contributed by atoms with Crippen molar-refractivity contribution in [1.29, 1.82) is 0 Å². The fourth-order valence-electron chi connectivity index (χ4n) is 2.18. The Morgan fingerprint density at radius 2 is 1.95 bits per heavy atom. The lowest BCUT2D eigenvalue weighted by atomic mass is 9.84. The molecule has 7 heteroatoms. The lowest BCUT2D eigenvalue weighted by Crippen LogP contribution is -2.48. The Labute approximate surface area is 120 Å². The van der Waals surface area contributed by atoms with Gasteiger partial charge in [-0.1, -0.05) is 19.6 Å². The van der Waals surface area contributed by atoms with Gasteiger partial charge in [0.25, 0.3) is 0 Å². The first-order valence-corrected chi connectivity index (χ1v) is 10.7. The average Bonchev–Trinajstić information content (AvgIpc) is 2.30. The largest absolute Gasteiger partial charge is 0.481 e. The SMILES string of the molecule is C[Si](C)(C)CCOC(=O)N[C@@H]1CC(C(=O)O)CC[C@@H]1O. The molecule has 3 atom stereocenters. The molecule has 1 amide bonds. The quantitative estimate of drug-likeness (QED) is 0.671. The molecule has 0 aromatic rings. The predicted octanol–water partition coefficient (Wildman–Crippen LogP) is 1.67. The fraction of sp³-hybridized carbons (Fsp3) is 0.846. The Balaban J connectivity index is 2.37. The van der Waals surface area contributed by atoms with Gasteiger partial charge in [-0.15, -0.1) is 0 Å². The van der Waals surface area contributed by atoms with Crippen molar-refractivity contribution in [3.63, 3.8) is 0 Å². The minimum Gasteiger partial charge on any atom is -0.481 e. The van der Waals surface area contributed by atoms with Gasteiger partial charge in [0, 0.05) is 8.07 Å². The van der Waals surface area contributed by atoms with Crippen molar-refractivity contribution >= 4 is 20.1 Å². The lowest BCUT2D eigenvalue weighted by molar-refractivity contribution is -0.144. The molecule has 1 aliphatic rings. The summed E-state index contributed by atoms with van der Waals surface area (Å²) in [6.45, 7) is 6.94. The molecule has 0 aromatic heterocycles. The number of nitrogens with one attached hydrogen (secondary N) is 1. The summed E-state index contributed by atoms with van der Waals surface area (Å²) in [5.41, 5.74) is 0. The number of rotatable bonds is 5. The number of aliphatic hydroxyl groups excluding tert-OH is 1. The van der Waals surface area contributed by atoms with Gasteiger partial charge in [-0.2, -0.15) is 0 Å². The van der Waals surface area contributed by atoms with Gasteiger partial charge in [0.15, 0.2) is 0 Å². The van der Waals surface area contributed by atoms with Crippen molar-refractivity contribution < 1.29 is 24.5 Å². The molecule has 1 fully saturated rings.